The Morgan fingerprint density at radius 1 is 1.09 bits per heavy atom. The third kappa shape index (κ3) is 5.86. The predicted molar refractivity (Wildman–Crippen MR) is 124 cm³/mol. The summed E-state index contributed by atoms with van der Waals surface area (Å²) in [6.45, 7) is 2.03. The number of halogens is 3. The highest BCUT2D eigenvalue weighted by molar-refractivity contribution is 5.99. The maximum absolute atomic E-state index is 12.7. The Morgan fingerprint density at radius 2 is 1.76 bits per heavy atom. The molecule has 1 saturated carbocycles. The Labute approximate surface area is 192 Å². The highest BCUT2D eigenvalue weighted by atomic mass is 19.4. The zero-order chi connectivity index (χ0) is 23.6. The molecule has 1 aliphatic carbocycles. The number of rotatable bonds is 5. The lowest BCUT2D eigenvalue weighted by atomic mass is 9.80. The average Bonchev–Trinajstić information content (AvgIpc) is 2.74. The van der Waals surface area contributed by atoms with Crippen molar-refractivity contribution in [3.63, 3.8) is 0 Å². The average molecular weight is 461 g/mol. The fourth-order valence-corrected chi connectivity index (χ4v) is 5.01. The molecule has 5 N–H and O–H groups in total. The van der Waals surface area contributed by atoms with Crippen LogP contribution in [0.1, 0.15) is 50.2 Å². The van der Waals surface area contributed by atoms with Crippen molar-refractivity contribution < 1.29 is 17.9 Å². The summed E-state index contributed by atoms with van der Waals surface area (Å²) in [4.78, 5) is 4.96. The lowest BCUT2D eigenvalue weighted by Gasteiger charge is -2.35. The van der Waals surface area contributed by atoms with E-state index < -0.39 is 11.9 Å². The molecule has 2 aromatic carbocycles. The normalized spacial score (nSPS) is 27.5. The smallest absolute Gasteiger partial charge is 0.406 e. The Bertz CT molecular complexity index is 997. The maximum atomic E-state index is 12.7. The first kappa shape index (κ1) is 23.6. The summed E-state index contributed by atoms with van der Waals surface area (Å²) in [5, 5.41) is 3.43. The molecule has 8 heteroatoms. The van der Waals surface area contributed by atoms with Crippen LogP contribution in [0.15, 0.2) is 53.5 Å². The minimum Gasteiger partial charge on any atom is -0.406 e. The number of hydrogen-bond acceptors (Lipinski definition) is 4. The van der Waals surface area contributed by atoms with Crippen molar-refractivity contribution in [1.82, 2.24) is 0 Å². The lowest BCUT2D eigenvalue weighted by Crippen LogP contribution is -2.42. The molecule has 0 saturated heterocycles. The second kappa shape index (κ2) is 9.35. The van der Waals surface area contributed by atoms with E-state index in [-0.39, 0.29) is 23.8 Å². The molecule has 2 atom stereocenters. The SMILES string of the molecule is CC1(N)CC(=NC2CCC(C(N)Cc3ccccc3OC(F)(F)F)CC2)Nc2ccccc21. The van der Waals surface area contributed by atoms with Crippen molar-refractivity contribution in [3.05, 3.63) is 59.7 Å². The first-order chi connectivity index (χ1) is 15.6. The van der Waals surface area contributed by atoms with Crippen LogP contribution in [0, 0.1) is 5.92 Å². The molecule has 0 aromatic heterocycles. The van der Waals surface area contributed by atoms with Crippen LogP contribution in [-0.2, 0) is 12.0 Å². The molecule has 178 valence electrons. The molecule has 5 nitrogen and oxygen atoms in total. The number of alkyl halides is 3. The third-order valence-electron chi connectivity index (χ3n) is 6.70. The van der Waals surface area contributed by atoms with Gasteiger partial charge in [-0.3, -0.25) is 4.99 Å². The quantitative estimate of drug-likeness (QED) is 0.579. The molecule has 0 amide bonds. The van der Waals surface area contributed by atoms with Crippen LogP contribution in [0.25, 0.3) is 0 Å². The molecule has 1 heterocycles. The van der Waals surface area contributed by atoms with E-state index in [0.29, 0.717) is 18.4 Å². The topological polar surface area (TPSA) is 85.7 Å². The van der Waals surface area contributed by atoms with Crippen LogP contribution in [0.4, 0.5) is 18.9 Å². The lowest BCUT2D eigenvalue weighted by molar-refractivity contribution is -0.274. The molecule has 2 aliphatic rings. The summed E-state index contributed by atoms with van der Waals surface area (Å²) in [5.74, 6) is 0.971. The number of amidine groups is 1. The van der Waals surface area contributed by atoms with E-state index in [1.807, 2.05) is 31.2 Å². The fourth-order valence-electron chi connectivity index (χ4n) is 5.01. The third-order valence-corrected chi connectivity index (χ3v) is 6.70. The van der Waals surface area contributed by atoms with Gasteiger partial charge in [-0.15, -0.1) is 13.2 Å². The Kier molecular flexibility index (Phi) is 6.68. The van der Waals surface area contributed by atoms with Crippen molar-refractivity contribution in [2.24, 2.45) is 22.4 Å². The Hall–Kier alpha value is -2.58. The Morgan fingerprint density at radius 3 is 2.48 bits per heavy atom. The van der Waals surface area contributed by atoms with Gasteiger partial charge in [0.25, 0.3) is 0 Å². The second-order valence-corrected chi connectivity index (χ2v) is 9.43. The van der Waals surface area contributed by atoms with E-state index in [1.54, 1.807) is 12.1 Å². The van der Waals surface area contributed by atoms with Gasteiger partial charge in [-0.05, 0) is 68.2 Å². The van der Waals surface area contributed by atoms with Gasteiger partial charge in [0.1, 0.15) is 11.6 Å². The first-order valence-corrected chi connectivity index (χ1v) is 11.4. The van der Waals surface area contributed by atoms with E-state index in [1.165, 1.54) is 12.1 Å². The number of aliphatic imine (C=N–C) groups is 1. The number of fused-ring (bicyclic) bond motifs is 1. The monoisotopic (exact) mass is 460 g/mol. The van der Waals surface area contributed by atoms with Crippen LogP contribution in [0.3, 0.4) is 0 Å². The molecule has 2 unspecified atom stereocenters. The summed E-state index contributed by atoms with van der Waals surface area (Å²) in [5.41, 5.74) is 15.1. The van der Waals surface area contributed by atoms with Crippen LogP contribution >= 0.6 is 0 Å². The summed E-state index contributed by atoms with van der Waals surface area (Å²) in [7, 11) is 0. The van der Waals surface area contributed by atoms with Crippen LogP contribution in [0.5, 0.6) is 5.75 Å². The zero-order valence-corrected chi connectivity index (χ0v) is 18.7. The number of hydrogen-bond donors (Lipinski definition) is 3. The van der Waals surface area contributed by atoms with Crippen molar-refractivity contribution in [3.8, 4) is 5.75 Å². The van der Waals surface area contributed by atoms with E-state index >= 15 is 0 Å². The molecular formula is C25H31F3N4O. The molecule has 1 aliphatic heterocycles. The molecule has 4 rings (SSSR count). The van der Waals surface area contributed by atoms with Crippen LogP contribution in [-0.4, -0.2) is 24.3 Å². The summed E-state index contributed by atoms with van der Waals surface area (Å²) < 4.78 is 42.3. The zero-order valence-electron chi connectivity index (χ0n) is 18.7. The van der Waals surface area contributed by atoms with Gasteiger partial charge >= 0.3 is 6.36 Å². The van der Waals surface area contributed by atoms with E-state index in [4.69, 9.17) is 16.5 Å². The van der Waals surface area contributed by atoms with Crippen LogP contribution in [0.2, 0.25) is 0 Å². The van der Waals surface area contributed by atoms with Crippen molar-refractivity contribution in [2.45, 2.75) is 69.4 Å². The van der Waals surface area contributed by atoms with Gasteiger partial charge < -0.3 is 21.5 Å². The molecule has 0 radical (unpaired) electrons. The molecule has 2 aromatic rings. The number of nitrogens with two attached hydrogens (primary N) is 2. The number of benzene rings is 2. The van der Waals surface area contributed by atoms with E-state index in [0.717, 1.165) is 42.8 Å². The number of nitrogens with zero attached hydrogens (tertiary/aromatic N) is 1. The first-order valence-electron chi connectivity index (χ1n) is 11.4. The van der Waals surface area contributed by atoms with Crippen molar-refractivity contribution in [1.29, 1.82) is 0 Å². The van der Waals surface area contributed by atoms with Gasteiger partial charge in [-0.25, -0.2) is 0 Å². The van der Waals surface area contributed by atoms with E-state index in [9.17, 15) is 13.2 Å². The number of para-hydroxylation sites is 2. The summed E-state index contributed by atoms with van der Waals surface area (Å²) in [6, 6.07) is 14.2. The minimum atomic E-state index is -4.72. The highest BCUT2D eigenvalue weighted by Gasteiger charge is 2.34. The molecule has 0 bridgehead atoms. The van der Waals surface area contributed by atoms with Crippen molar-refractivity contribution >= 4 is 11.5 Å². The van der Waals surface area contributed by atoms with Gasteiger partial charge in [-0.1, -0.05) is 36.4 Å². The maximum Gasteiger partial charge on any atom is 0.573 e. The standard InChI is InChI=1S/C25H31F3N4O/c1-24(30)15-23(32-21-8-4-3-7-19(21)24)31-18-12-10-16(11-13-18)20(29)14-17-6-2-5-9-22(17)33-25(26,27)28/h2-9,16,18,20H,10-15,29-30H2,1H3,(H,31,32). The van der Waals surface area contributed by atoms with Crippen molar-refractivity contribution in [2.75, 3.05) is 5.32 Å². The van der Waals surface area contributed by atoms with E-state index in [2.05, 4.69) is 10.1 Å². The van der Waals surface area contributed by atoms with Gasteiger partial charge in [0.2, 0.25) is 0 Å². The van der Waals surface area contributed by atoms with Gasteiger partial charge in [0.05, 0.1) is 6.04 Å². The number of ether oxygens (including phenoxy) is 1. The summed E-state index contributed by atoms with van der Waals surface area (Å²) in [6.07, 6.45) is -0.146. The molecular weight excluding hydrogens is 429 g/mol. The fraction of sp³-hybridized carbons (Fsp3) is 0.480. The Balaban J connectivity index is 1.35. The largest absolute Gasteiger partial charge is 0.573 e. The van der Waals surface area contributed by atoms with Crippen LogP contribution < -0.4 is 21.5 Å². The molecule has 33 heavy (non-hydrogen) atoms. The van der Waals surface area contributed by atoms with Gasteiger partial charge in [-0.2, -0.15) is 0 Å². The highest BCUT2D eigenvalue weighted by Crippen LogP contribution is 2.36. The van der Waals surface area contributed by atoms with Gasteiger partial charge in [0, 0.05) is 23.7 Å². The van der Waals surface area contributed by atoms with Gasteiger partial charge in [0.15, 0.2) is 0 Å². The number of nitrogens with one attached hydrogen (secondary N) is 1. The second-order valence-electron chi connectivity index (χ2n) is 9.43. The molecule has 0 spiro atoms. The predicted octanol–water partition coefficient (Wildman–Crippen LogP) is 5.10. The summed E-state index contributed by atoms with van der Waals surface area (Å²) >= 11 is 0. The number of anilines is 1. The minimum absolute atomic E-state index is 0.172. The molecule has 1 fully saturated rings.